The second-order valence-corrected chi connectivity index (χ2v) is 6.42. The summed E-state index contributed by atoms with van der Waals surface area (Å²) >= 11 is 0. The van der Waals surface area contributed by atoms with Crippen LogP contribution < -0.4 is 0 Å². The van der Waals surface area contributed by atoms with E-state index < -0.39 is 5.41 Å². The molecule has 5 rings (SSSR count). The maximum atomic E-state index is 12.6. The van der Waals surface area contributed by atoms with Crippen molar-refractivity contribution < 1.29 is 23.8 Å². The van der Waals surface area contributed by atoms with Crippen molar-refractivity contribution in [2.24, 2.45) is 22.7 Å². The van der Waals surface area contributed by atoms with E-state index in [1.165, 1.54) is 7.11 Å². The largest absolute Gasteiger partial charge is 0.468 e. The van der Waals surface area contributed by atoms with Crippen molar-refractivity contribution in [1.82, 2.24) is 0 Å². The molecule has 20 heavy (non-hydrogen) atoms. The molecular weight excluding hydrogens is 260 g/mol. The van der Waals surface area contributed by atoms with E-state index in [9.17, 15) is 9.59 Å². The molecule has 1 unspecified atom stereocenters. The van der Waals surface area contributed by atoms with Crippen LogP contribution in [0.15, 0.2) is 0 Å². The van der Waals surface area contributed by atoms with Crippen molar-refractivity contribution >= 4 is 11.8 Å². The molecule has 0 radical (unpaired) electrons. The zero-order valence-electron chi connectivity index (χ0n) is 11.9. The van der Waals surface area contributed by atoms with Crippen LogP contribution in [-0.4, -0.2) is 37.9 Å². The fraction of sp³-hybridized carbons (Fsp3) is 0.867. The van der Waals surface area contributed by atoms with Gasteiger partial charge in [-0.05, 0) is 32.1 Å². The van der Waals surface area contributed by atoms with Crippen LogP contribution in [0, 0.1) is 22.7 Å². The van der Waals surface area contributed by atoms with Gasteiger partial charge in [0, 0.05) is 24.4 Å². The van der Waals surface area contributed by atoms with E-state index in [-0.39, 0.29) is 41.4 Å². The SMILES string of the molecule is CCOC1O[C@H]2CC[C@H]3[C@H]1[C@@]21CCC(=O)[C@@]31C(=O)OC. The predicted octanol–water partition coefficient (Wildman–Crippen LogP) is 1.30. The summed E-state index contributed by atoms with van der Waals surface area (Å²) in [6.07, 6.45) is 2.73. The van der Waals surface area contributed by atoms with E-state index in [0.717, 1.165) is 19.3 Å². The van der Waals surface area contributed by atoms with E-state index in [1.807, 2.05) is 6.92 Å². The summed E-state index contributed by atoms with van der Waals surface area (Å²) in [5.74, 6) is -0.0465. The van der Waals surface area contributed by atoms with E-state index >= 15 is 0 Å². The Bertz CT molecular complexity index is 489. The van der Waals surface area contributed by atoms with Crippen molar-refractivity contribution in [3.05, 3.63) is 0 Å². The first-order valence-corrected chi connectivity index (χ1v) is 7.53. The third kappa shape index (κ3) is 1.01. The Kier molecular flexibility index (Phi) is 2.44. The molecule has 5 heteroatoms. The standard InChI is InChI=1S/C15H20O5/c1-3-19-12-11-8-4-5-10(20-12)14(11)7-6-9(16)15(8,14)13(17)18-2/h8,10-12H,3-7H2,1-2H3/t8-,10-,11+,12?,14+,15+/m0/s1. The predicted molar refractivity (Wildman–Crippen MR) is 67.6 cm³/mol. The quantitative estimate of drug-likeness (QED) is 0.576. The molecule has 5 fully saturated rings. The molecule has 0 amide bonds. The van der Waals surface area contributed by atoms with Crippen molar-refractivity contribution in [2.75, 3.05) is 13.7 Å². The molecule has 0 aromatic rings. The normalized spacial score (nSPS) is 51.6. The van der Waals surface area contributed by atoms with Gasteiger partial charge in [-0.1, -0.05) is 0 Å². The molecule has 0 aromatic heterocycles. The summed E-state index contributed by atoms with van der Waals surface area (Å²) in [5.41, 5.74) is -1.28. The lowest BCUT2D eigenvalue weighted by molar-refractivity contribution is -0.234. The number of hydrogen-bond acceptors (Lipinski definition) is 5. The van der Waals surface area contributed by atoms with E-state index in [4.69, 9.17) is 14.2 Å². The monoisotopic (exact) mass is 280 g/mol. The number of hydrogen-bond donors (Lipinski definition) is 0. The zero-order chi connectivity index (χ0) is 14.1. The second kappa shape index (κ2) is 3.83. The average Bonchev–Trinajstić information content (AvgIpc) is 2.77. The molecule has 1 saturated heterocycles. The van der Waals surface area contributed by atoms with Crippen LogP contribution in [0.5, 0.6) is 0 Å². The second-order valence-electron chi connectivity index (χ2n) is 6.42. The van der Waals surface area contributed by atoms with Gasteiger partial charge in [0.2, 0.25) is 0 Å². The fourth-order valence-corrected chi connectivity index (χ4v) is 5.89. The minimum absolute atomic E-state index is 0.0281. The Hall–Kier alpha value is -0.940. The maximum Gasteiger partial charge on any atom is 0.320 e. The van der Waals surface area contributed by atoms with Gasteiger partial charge < -0.3 is 14.2 Å². The first-order valence-electron chi connectivity index (χ1n) is 7.53. The fourth-order valence-electron chi connectivity index (χ4n) is 5.89. The first kappa shape index (κ1) is 12.8. The summed E-state index contributed by atoms with van der Waals surface area (Å²) in [6, 6.07) is 0. The topological polar surface area (TPSA) is 61.8 Å². The van der Waals surface area contributed by atoms with Gasteiger partial charge in [0.05, 0.1) is 13.2 Å². The molecule has 1 heterocycles. The highest BCUT2D eigenvalue weighted by Gasteiger charge is 2.88. The summed E-state index contributed by atoms with van der Waals surface area (Å²) in [5, 5.41) is 0. The van der Waals surface area contributed by atoms with Crippen LogP contribution in [0.3, 0.4) is 0 Å². The number of ketones is 1. The Labute approximate surface area is 117 Å². The Morgan fingerprint density at radius 3 is 2.95 bits per heavy atom. The van der Waals surface area contributed by atoms with Crippen LogP contribution >= 0.6 is 0 Å². The van der Waals surface area contributed by atoms with Crippen LogP contribution in [0.25, 0.3) is 0 Å². The van der Waals surface area contributed by atoms with Gasteiger partial charge >= 0.3 is 5.97 Å². The zero-order valence-corrected chi connectivity index (χ0v) is 11.9. The number of esters is 1. The highest BCUT2D eigenvalue weighted by atomic mass is 16.7. The van der Waals surface area contributed by atoms with Crippen LogP contribution in [0.2, 0.25) is 0 Å². The molecule has 4 aliphatic carbocycles. The van der Waals surface area contributed by atoms with Crippen molar-refractivity contribution in [3.63, 3.8) is 0 Å². The summed E-state index contributed by atoms with van der Waals surface area (Å²) in [7, 11) is 1.38. The van der Waals surface area contributed by atoms with Gasteiger partial charge in [0.1, 0.15) is 5.41 Å². The molecule has 0 aromatic carbocycles. The van der Waals surface area contributed by atoms with Gasteiger partial charge in [-0.15, -0.1) is 0 Å². The number of rotatable bonds is 3. The lowest BCUT2D eigenvalue weighted by atomic mass is 9.34. The third-order valence-electron chi connectivity index (χ3n) is 6.27. The van der Waals surface area contributed by atoms with Crippen LogP contribution in [-0.2, 0) is 23.8 Å². The van der Waals surface area contributed by atoms with E-state index in [2.05, 4.69) is 0 Å². The Morgan fingerprint density at radius 1 is 1.45 bits per heavy atom. The number of ether oxygens (including phenoxy) is 3. The molecule has 1 spiro atoms. The molecule has 4 saturated carbocycles. The molecule has 1 aliphatic heterocycles. The molecule has 110 valence electrons. The number of fused-ring (bicyclic) bond motifs is 1. The van der Waals surface area contributed by atoms with Gasteiger partial charge in [-0.25, -0.2) is 0 Å². The average molecular weight is 280 g/mol. The van der Waals surface area contributed by atoms with E-state index in [1.54, 1.807) is 0 Å². The highest BCUT2D eigenvalue weighted by molar-refractivity contribution is 6.09. The van der Waals surface area contributed by atoms with E-state index in [0.29, 0.717) is 13.0 Å². The van der Waals surface area contributed by atoms with Crippen molar-refractivity contribution in [2.45, 2.75) is 45.0 Å². The minimum atomic E-state index is -0.929. The van der Waals surface area contributed by atoms with Gasteiger partial charge in [0.15, 0.2) is 12.1 Å². The van der Waals surface area contributed by atoms with Gasteiger partial charge in [0.25, 0.3) is 0 Å². The number of carbonyl (C=O) groups excluding carboxylic acids is 2. The molecular formula is C15H20O5. The first-order chi connectivity index (χ1) is 9.64. The Balaban J connectivity index is 1.82. The number of methoxy groups -OCH3 is 1. The van der Waals surface area contributed by atoms with Gasteiger partial charge in [-0.3, -0.25) is 9.59 Å². The summed E-state index contributed by atoms with van der Waals surface area (Å²) < 4.78 is 16.8. The summed E-state index contributed by atoms with van der Waals surface area (Å²) in [4.78, 5) is 25.0. The molecule has 5 aliphatic rings. The Morgan fingerprint density at radius 2 is 2.25 bits per heavy atom. The van der Waals surface area contributed by atoms with Crippen LogP contribution in [0.4, 0.5) is 0 Å². The smallest absolute Gasteiger partial charge is 0.320 e. The molecule has 5 nitrogen and oxygen atoms in total. The van der Waals surface area contributed by atoms with Crippen molar-refractivity contribution in [3.8, 4) is 0 Å². The molecule has 6 atom stereocenters. The third-order valence-corrected chi connectivity index (χ3v) is 6.27. The molecule has 4 bridgehead atoms. The van der Waals surface area contributed by atoms with Crippen molar-refractivity contribution in [1.29, 1.82) is 0 Å². The number of Topliss-reactive ketones (excluding diaryl/α,β-unsaturated/α-hetero) is 1. The molecule has 0 N–H and O–H groups in total. The maximum absolute atomic E-state index is 12.6. The highest BCUT2D eigenvalue weighted by Crippen LogP contribution is 2.81. The van der Waals surface area contributed by atoms with Crippen LogP contribution in [0.1, 0.15) is 32.6 Å². The van der Waals surface area contributed by atoms with Gasteiger partial charge in [-0.2, -0.15) is 0 Å². The summed E-state index contributed by atoms with van der Waals surface area (Å²) in [6.45, 7) is 2.54. The number of carbonyl (C=O) groups is 2. The lowest BCUT2D eigenvalue weighted by Crippen LogP contribution is -2.73. The lowest BCUT2D eigenvalue weighted by Gasteiger charge is -2.65. The minimum Gasteiger partial charge on any atom is -0.468 e.